The van der Waals surface area contributed by atoms with E-state index < -0.39 is 20.1 Å². The first-order valence-corrected chi connectivity index (χ1v) is 14.3. The summed E-state index contributed by atoms with van der Waals surface area (Å²) in [5, 5.41) is 2.27. The molecule has 3 heterocycles. The third kappa shape index (κ3) is 4.41. The lowest BCUT2D eigenvalue weighted by Gasteiger charge is -2.44. The van der Waals surface area contributed by atoms with Crippen LogP contribution in [0.5, 0.6) is 0 Å². The highest BCUT2D eigenvalue weighted by Crippen LogP contribution is 2.40. The molecule has 7 nitrogen and oxygen atoms in total. The highest BCUT2D eigenvalue weighted by atomic mass is 28.4. The minimum Gasteiger partial charge on any atom is -0.404 e. The van der Waals surface area contributed by atoms with Crippen molar-refractivity contribution in [2.24, 2.45) is 0 Å². The van der Waals surface area contributed by atoms with Crippen LogP contribution in [0.15, 0.2) is 103 Å². The fraction of sp³-hybridized carbons (Fsp3) is 0.276. The number of nitrogens with zero attached hydrogens (tertiary/aromatic N) is 3. The summed E-state index contributed by atoms with van der Waals surface area (Å²) in [5.41, 5.74) is -0.250. The maximum absolute atomic E-state index is 12.2. The van der Waals surface area contributed by atoms with Crippen LogP contribution in [0.25, 0.3) is 11.2 Å². The molecule has 37 heavy (non-hydrogen) atoms. The highest BCUT2D eigenvalue weighted by Gasteiger charge is 2.52. The largest absolute Gasteiger partial charge is 0.404 e. The second kappa shape index (κ2) is 9.70. The molecular weight excluding hydrogens is 480 g/mol. The van der Waals surface area contributed by atoms with E-state index in [-0.39, 0.29) is 16.1 Å². The topological polar surface area (TPSA) is 82.0 Å². The smallest absolute Gasteiger partial charge is 0.278 e. The van der Waals surface area contributed by atoms with E-state index >= 15 is 0 Å². The van der Waals surface area contributed by atoms with E-state index in [1.54, 1.807) is 10.9 Å². The Kier molecular flexibility index (Phi) is 6.57. The zero-order valence-corrected chi connectivity index (χ0v) is 22.4. The molecular formula is C29H32N4O3Si. The molecule has 190 valence electrons. The summed E-state index contributed by atoms with van der Waals surface area (Å²) >= 11 is 0. The third-order valence-corrected chi connectivity index (χ3v) is 12.0. The Morgan fingerprint density at radius 1 is 1.11 bits per heavy atom. The summed E-state index contributed by atoms with van der Waals surface area (Å²) in [4.78, 5) is 23.3. The van der Waals surface area contributed by atoms with Crippen LogP contribution in [0, 0.1) is 0 Å². The lowest BCUT2D eigenvalue weighted by Crippen LogP contribution is -2.67. The van der Waals surface area contributed by atoms with Crippen molar-refractivity contribution in [1.82, 2.24) is 19.5 Å². The van der Waals surface area contributed by atoms with Gasteiger partial charge in [0, 0.05) is 6.42 Å². The van der Waals surface area contributed by atoms with Gasteiger partial charge in [-0.1, -0.05) is 87.5 Å². The molecule has 0 radical (unpaired) electrons. The van der Waals surface area contributed by atoms with E-state index in [0.717, 1.165) is 0 Å². The van der Waals surface area contributed by atoms with Crippen molar-refractivity contribution in [3.05, 3.63) is 108 Å². The number of aromatic nitrogens is 4. The highest BCUT2D eigenvalue weighted by molar-refractivity contribution is 6.99. The van der Waals surface area contributed by atoms with Crippen molar-refractivity contribution in [1.29, 1.82) is 0 Å². The summed E-state index contributed by atoms with van der Waals surface area (Å²) in [6.45, 7) is 11.1. The molecule has 2 aromatic heterocycles. The minimum absolute atomic E-state index is 0.154. The molecule has 0 fully saturated rings. The van der Waals surface area contributed by atoms with Gasteiger partial charge in [0.1, 0.15) is 5.60 Å². The van der Waals surface area contributed by atoms with Crippen LogP contribution < -0.4 is 15.9 Å². The number of nitrogens with one attached hydrogen (secondary N) is 1. The fourth-order valence-corrected chi connectivity index (χ4v) is 9.89. The van der Waals surface area contributed by atoms with Crippen molar-refractivity contribution < 1.29 is 9.16 Å². The normalized spacial score (nSPS) is 19.9. The fourth-order valence-electron chi connectivity index (χ4n) is 5.27. The Hall–Kier alpha value is -3.59. The van der Waals surface area contributed by atoms with Crippen molar-refractivity contribution in [3.8, 4) is 0 Å². The Labute approximate surface area is 217 Å². The van der Waals surface area contributed by atoms with Gasteiger partial charge in [0.05, 0.1) is 19.3 Å². The third-order valence-electron chi connectivity index (χ3n) is 7.00. The van der Waals surface area contributed by atoms with Crippen molar-refractivity contribution in [2.75, 3.05) is 6.61 Å². The van der Waals surface area contributed by atoms with Crippen LogP contribution in [0.3, 0.4) is 0 Å². The van der Waals surface area contributed by atoms with Gasteiger partial charge in [0.25, 0.3) is 13.9 Å². The van der Waals surface area contributed by atoms with Gasteiger partial charge in [-0.15, -0.1) is 6.58 Å². The summed E-state index contributed by atoms with van der Waals surface area (Å²) in [6.07, 6.45) is 8.95. The van der Waals surface area contributed by atoms with E-state index in [0.29, 0.717) is 18.7 Å². The predicted molar refractivity (Wildman–Crippen MR) is 149 cm³/mol. The molecule has 1 aliphatic heterocycles. The summed E-state index contributed by atoms with van der Waals surface area (Å²) in [7, 11) is -2.76. The average molecular weight is 513 g/mol. The SMILES string of the molecule is C=CC[C@@]1(CO[Si](c2ccccc2)(c2ccccc2)C(C)(C)C)C=C[C@H](n2cnc3c(=O)[nH]cnc32)O1. The average Bonchev–Trinajstić information content (AvgIpc) is 3.51. The number of fused-ring (bicyclic) bond motifs is 1. The molecule has 0 aliphatic carbocycles. The second-order valence-corrected chi connectivity index (χ2v) is 14.7. The first-order valence-electron chi connectivity index (χ1n) is 12.4. The van der Waals surface area contributed by atoms with Crippen LogP contribution >= 0.6 is 0 Å². The molecule has 1 aliphatic rings. The molecule has 0 bridgehead atoms. The molecule has 0 unspecified atom stereocenters. The number of hydrogen-bond acceptors (Lipinski definition) is 5. The van der Waals surface area contributed by atoms with E-state index in [9.17, 15) is 4.79 Å². The first kappa shape index (κ1) is 25.1. The molecule has 0 saturated heterocycles. The van der Waals surface area contributed by atoms with Crippen LogP contribution in [0.4, 0.5) is 0 Å². The Balaban J connectivity index is 1.52. The monoisotopic (exact) mass is 512 g/mol. The predicted octanol–water partition coefficient (Wildman–Crippen LogP) is 4.10. The summed E-state index contributed by atoms with van der Waals surface area (Å²) in [6, 6.07) is 21.1. The lowest BCUT2D eigenvalue weighted by molar-refractivity contribution is -0.0758. The van der Waals surface area contributed by atoms with Gasteiger partial charge in [-0.3, -0.25) is 9.36 Å². The summed E-state index contributed by atoms with van der Waals surface area (Å²) in [5.74, 6) is 0. The molecule has 0 amide bonds. The van der Waals surface area contributed by atoms with Gasteiger partial charge in [-0.2, -0.15) is 0 Å². The van der Waals surface area contributed by atoms with E-state index in [2.05, 4.69) is 96.9 Å². The number of rotatable bonds is 8. The number of hydrogen-bond donors (Lipinski definition) is 1. The molecule has 0 saturated carbocycles. The van der Waals surface area contributed by atoms with E-state index in [1.165, 1.54) is 16.7 Å². The maximum Gasteiger partial charge on any atom is 0.278 e. The molecule has 0 spiro atoms. The number of aromatic amines is 1. The van der Waals surface area contributed by atoms with Crippen LogP contribution in [0.2, 0.25) is 5.04 Å². The molecule has 8 heteroatoms. The van der Waals surface area contributed by atoms with E-state index in [1.807, 2.05) is 24.3 Å². The Morgan fingerprint density at radius 2 is 1.76 bits per heavy atom. The van der Waals surface area contributed by atoms with Gasteiger partial charge < -0.3 is 14.1 Å². The minimum atomic E-state index is -2.76. The zero-order valence-electron chi connectivity index (χ0n) is 21.4. The van der Waals surface area contributed by atoms with Gasteiger partial charge in [0.2, 0.25) is 0 Å². The van der Waals surface area contributed by atoms with E-state index in [4.69, 9.17) is 9.16 Å². The standard InChI is InChI=1S/C29H32N4O3Si/c1-5-17-29(18-16-24(36-29)33-21-32-25-26(33)30-20-31-27(25)34)19-35-37(28(2,3)4,22-12-8-6-9-13-22)23-14-10-7-11-15-23/h5-16,18,20-21,24H,1,17,19H2,2-4H3,(H,30,31,34)/t24-,29+/m1/s1. The second-order valence-electron chi connectivity index (χ2n) is 10.4. The Morgan fingerprint density at radius 3 is 2.35 bits per heavy atom. The van der Waals surface area contributed by atoms with Crippen LogP contribution in [-0.2, 0) is 9.16 Å². The van der Waals surface area contributed by atoms with Crippen molar-refractivity contribution >= 4 is 29.9 Å². The van der Waals surface area contributed by atoms with Crippen LogP contribution in [-0.4, -0.2) is 40.0 Å². The Bertz CT molecular complexity index is 1430. The first-order chi connectivity index (χ1) is 17.8. The quantitative estimate of drug-likeness (QED) is 0.284. The zero-order chi connectivity index (χ0) is 26.1. The molecule has 1 N–H and O–H groups in total. The van der Waals surface area contributed by atoms with Crippen molar-refractivity contribution in [2.45, 2.75) is 44.1 Å². The van der Waals surface area contributed by atoms with Gasteiger partial charge >= 0.3 is 0 Å². The summed E-state index contributed by atoms with van der Waals surface area (Å²) < 4.78 is 15.6. The molecule has 4 aromatic rings. The van der Waals surface area contributed by atoms with Gasteiger partial charge in [-0.05, 0) is 27.6 Å². The number of ether oxygens (including phenoxy) is 1. The number of H-pyrrole nitrogens is 1. The van der Waals surface area contributed by atoms with Gasteiger partial charge in [-0.25, -0.2) is 9.97 Å². The number of benzene rings is 2. The lowest BCUT2D eigenvalue weighted by atomic mass is 10.0. The molecule has 5 rings (SSSR count). The maximum atomic E-state index is 12.2. The van der Waals surface area contributed by atoms with Crippen molar-refractivity contribution in [3.63, 3.8) is 0 Å². The number of imidazole rings is 1. The van der Waals surface area contributed by atoms with Crippen LogP contribution in [0.1, 0.15) is 33.4 Å². The molecule has 2 atom stereocenters. The molecule has 2 aromatic carbocycles. The van der Waals surface area contributed by atoms with Gasteiger partial charge in [0.15, 0.2) is 17.4 Å².